The van der Waals surface area contributed by atoms with E-state index in [-0.39, 0.29) is 11.9 Å². The van der Waals surface area contributed by atoms with Crippen molar-refractivity contribution in [1.29, 1.82) is 0 Å². The number of piperazine rings is 1. The molecule has 2 N–H and O–H groups in total. The van der Waals surface area contributed by atoms with E-state index in [0.717, 1.165) is 6.07 Å². The summed E-state index contributed by atoms with van der Waals surface area (Å²) in [6.07, 6.45) is 0. The first-order chi connectivity index (χ1) is 13.3. The van der Waals surface area contributed by atoms with Gasteiger partial charge in [0.25, 0.3) is 17.2 Å². The largest absolute Gasteiger partial charge is 0.333 e. The van der Waals surface area contributed by atoms with Crippen LogP contribution in [0.5, 0.6) is 0 Å². The van der Waals surface area contributed by atoms with Gasteiger partial charge in [-0.15, -0.1) is 0 Å². The van der Waals surface area contributed by atoms with Gasteiger partial charge in [-0.2, -0.15) is 0 Å². The highest BCUT2D eigenvalue weighted by molar-refractivity contribution is 7.80. The van der Waals surface area contributed by atoms with Crippen LogP contribution in [0.1, 0.15) is 22.8 Å². The molecule has 1 amide bonds. The smallest absolute Gasteiger partial charge is 0.259 e. The molecule has 1 unspecified atom stereocenters. The predicted octanol–water partition coefficient (Wildman–Crippen LogP) is 2.86. The van der Waals surface area contributed by atoms with Crippen molar-refractivity contribution in [3.8, 4) is 0 Å². The molecular weight excluding hydrogens is 388 g/mol. The number of rotatable bonds is 5. The molecule has 9 heteroatoms. The first kappa shape index (κ1) is 20.4. The highest BCUT2D eigenvalue weighted by atomic mass is 32.2. The molecule has 1 fully saturated rings. The van der Waals surface area contributed by atoms with Crippen molar-refractivity contribution in [3.63, 3.8) is 0 Å². The summed E-state index contributed by atoms with van der Waals surface area (Å²) in [5.74, 6) is -1.32. The summed E-state index contributed by atoms with van der Waals surface area (Å²) in [5, 5.41) is 0. The average Bonchev–Trinajstić information content (AvgIpc) is 2.60. The van der Waals surface area contributed by atoms with Gasteiger partial charge >= 0.3 is 0 Å². The predicted molar refractivity (Wildman–Crippen MR) is 103 cm³/mol. The molecule has 0 saturated carbocycles. The third-order valence-electron chi connectivity index (χ3n) is 4.64. The van der Waals surface area contributed by atoms with Crippen molar-refractivity contribution in [3.05, 3.63) is 65.2 Å². The van der Waals surface area contributed by atoms with E-state index in [9.17, 15) is 17.8 Å². The van der Waals surface area contributed by atoms with Gasteiger partial charge < -0.3 is 4.90 Å². The lowest BCUT2D eigenvalue weighted by Gasteiger charge is -2.40. The van der Waals surface area contributed by atoms with E-state index < -0.39 is 22.9 Å². The maximum atomic E-state index is 13.4. The lowest BCUT2D eigenvalue weighted by Crippen LogP contribution is -2.53. The maximum Gasteiger partial charge on any atom is 0.259 e. The van der Waals surface area contributed by atoms with E-state index in [2.05, 4.69) is 9.62 Å². The molecule has 0 spiro atoms. The number of halogens is 2. The molecule has 3 rings (SSSR count). The van der Waals surface area contributed by atoms with Crippen LogP contribution in [0.4, 0.5) is 14.5 Å². The van der Waals surface area contributed by atoms with E-state index >= 15 is 0 Å². The van der Waals surface area contributed by atoms with Gasteiger partial charge in [-0.05, 0) is 48.9 Å². The van der Waals surface area contributed by atoms with Crippen LogP contribution in [0, 0.1) is 11.6 Å². The van der Waals surface area contributed by atoms with Gasteiger partial charge in [-0.3, -0.25) is 19.0 Å². The van der Waals surface area contributed by atoms with Gasteiger partial charge in [0.1, 0.15) is 11.6 Å². The van der Waals surface area contributed by atoms with Crippen LogP contribution in [0.25, 0.3) is 0 Å². The molecule has 2 atom stereocenters. The van der Waals surface area contributed by atoms with Crippen LogP contribution < -0.4 is 4.72 Å². The average molecular weight is 409 g/mol. The van der Waals surface area contributed by atoms with E-state index in [1.54, 1.807) is 29.2 Å². The zero-order valence-electron chi connectivity index (χ0n) is 15.3. The number of hydrogen-bond acceptors (Lipinski definition) is 3. The van der Waals surface area contributed by atoms with E-state index in [4.69, 9.17) is 4.55 Å². The van der Waals surface area contributed by atoms with Crippen molar-refractivity contribution >= 4 is 22.9 Å². The second kappa shape index (κ2) is 8.76. The van der Waals surface area contributed by atoms with Crippen LogP contribution in [0.3, 0.4) is 0 Å². The summed E-state index contributed by atoms with van der Waals surface area (Å²) in [4.78, 5) is 16.6. The zero-order valence-corrected chi connectivity index (χ0v) is 16.1. The van der Waals surface area contributed by atoms with Gasteiger partial charge in [-0.1, -0.05) is 0 Å². The van der Waals surface area contributed by atoms with Gasteiger partial charge in [0.2, 0.25) is 0 Å². The van der Waals surface area contributed by atoms with Crippen molar-refractivity contribution in [2.75, 3.05) is 24.4 Å². The normalized spacial score (nSPS) is 18.7. The minimum atomic E-state index is -2.17. The second-order valence-electron chi connectivity index (χ2n) is 6.79. The number of amides is 1. The minimum absolute atomic E-state index is 0.0672. The molecule has 2 aromatic carbocycles. The van der Waals surface area contributed by atoms with E-state index in [1.807, 2.05) is 6.92 Å². The Morgan fingerprint density at radius 3 is 2.39 bits per heavy atom. The van der Waals surface area contributed by atoms with E-state index in [0.29, 0.717) is 43.0 Å². The van der Waals surface area contributed by atoms with Gasteiger partial charge in [0, 0.05) is 49.5 Å². The Labute approximate surface area is 164 Å². The third-order valence-corrected chi connectivity index (χ3v) is 5.05. The van der Waals surface area contributed by atoms with Crippen molar-refractivity contribution < 1.29 is 22.3 Å². The van der Waals surface area contributed by atoms with Crippen LogP contribution in [-0.4, -0.2) is 50.1 Å². The zero-order chi connectivity index (χ0) is 20.3. The van der Waals surface area contributed by atoms with Crippen molar-refractivity contribution in [1.82, 2.24) is 9.80 Å². The van der Waals surface area contributed by atoms with Gasteiger partial charge in [0.05, 0.1) is 0 Å². The van der Waals surface area contributed by atoms with Crippen molar-refractivity contribution in [2.45, 2.75) is 19.5 Å². The number of carbonyl (C=O) groups is 1. The van der Waals surface area contributed by atoms with Gasteiger partial charge in [-0.25, -0.2) is 13.0 Å². The SMILES string of the molecule is C[C@H]1CN(Cc2cc(F)cc(F)c2)CCN1C(=O)c1ccc(NS(=O)O)cc1. The molecule has 1 aliphatic rings. The standard InChI is InChI=1S/C19H21F2N3O3S/c1-13-11-23(12-14-8-16(20)10-17(21)9-14)6-7-24(13)19(25)15-2-4-18(5-3-15)22-28(26)27/h2-5,8-10,13,22H,6-7,11-12H2,1H3,(H,26,27)/t13-/m0/s1. The molecule has 28 heavy (non-hydrogen) atoms. The first-order valence-corrected chi connectivity index (χ1v) is 9.88. The Kier molecular flexibility index (Phi) is 6.38. The molecule has 0 radical (unpaired) electrons. The summed E-state index contributed by atoms with van der Waals surface area (Å²) < 4.78 is 48.6. The summed E-state index contributed by atoms with van der Waals surface area (Å²) in [5.41, 5.74) is 1.49. The lowest BCUT2D eigenvalue weighted by atomic mass is 10.1. The molecule has 0 aliphatic carbocycles. The Bertz CT molecular complexity index is 859. The monoisotopic (exact) mass is 409 g/mol. The van der Waals surface area contributed by atoms with Crippen LogP contribution >= 0.6 is 0 Å². The quantitative estimate of drug-likeness (QED) is 0.745. The summed E-state index contributed by atoms with van der Waals surface area (Å²) in [7, 11) is 0. The Hall–Kier alpha value is -2.36. The number of benzene rings is 2. The number of nitrogens with zero attached hydrogens (tertiary/aromatic N) is 2. The highest BCUT2D eigenvalue weighted by Gasteiger charge is 2.28. The fourth-order valence-corrected chi connectivity index (χ4v) is 3.72. The molecule has 1 saturated heterocycles. The molecule has 0 bridgehead atoms. The molecular formula is C19H21F2N3O3S. The first-order valence-electron chi connectivity index (χ1n) is 8.77. The third kappa shape index (κ3) is 5.12. The van der Waals surface area contributed by atoms with Crippen molar-refractivity contribution in [2.24, 2.45) is 0 Å². The summed E-state index contributed by atoms with van der Waals surface area (Å²) >= 11 is -2.17. The van der Waals surface area contributed by atoms with Crippen LogP contribution in [0.15, 0.2) is 42.5 Å². The molecule has 150 valence electrons. The molecule has 1 aliphatic heterocycles. The topological polar surface area (TPSA) is 72.9 Å². The summed E-state index contributed by atoms with van der Waals surface area (Å²) in [6.45, 7) is 4.03. The Balaban J connectivity index is 1.61. The fraction of sp³-hybridized carbons (Fsp3) is 0.316. The fourth-order valence-electron chi connectivity index (χ4n) is 3.39. The second-order valence-corrected chi connectivity index (χ2v) is 7.49. The molecule has 2 aromatic rings. The molecule has 6 nitrogen and oxygen atoms in total. The molecule has 0 aromatic heterocycles. The summed E-state index contributed by atoms with van der Waals surface area (Å²) in [6, 6.07) is 9.77. The number of hydrogen-bond donors (Lipinski definition) is 2. The number of anilines is 1. The Morgan fingerprint density at radius 2 is 1.82 bits per heavy atom. The maximum absolute atomic E-state index is 13.4. The van der Waals surface area contributed by atoms with Crippen LogP contribution in [0.2, 0.25) is 0 Å². The number of nitrogens with one attached hydrogen (secondary N) is 1. The highest BCUT2D eigenvalue weighted by Crippen LogP contribution is 2.18. The van der Waals surface area contributed by atoms with E-state index in [1.165, 1.54) is 12.1 Å². The lowest BCUT2D eigenvalue weighted by molar-refractivity contribution is 0.0475. The number of carbonyl (C=O) groups excluding carboxylic acids is 1. The molecule has 1 heterocycles. The minimum Gasteiger partial charge on any atom is -0.333 e. The van der Waals surface area contributed by atoms with Crippen LogP contribution in [-0.2, 0) is 17.8 Å². The Morgan fingerprint density at radius 1 is 1.18 bits per heavy atom. The van der Waals surface area contributed by atoms with Gasteiger partial charge in [0.15, 0.2) is 0 Å².